The predicted molar refractivity (Wildman–Crippen MR) is 120 cm³/mol. The zero-order valence-corrected chi connectivity index (χ0v) is 18.7. The Balaban J connectivity index is 1.92. The van der Waals surface area contributed by atoms with Crippen LogP contribution in [0.25, 0.3) is 21.6 Å². The normalized spacial score (nSPS) is 12.2. The largest absolute Gasteiger partial charge is 0.284 e. The highest BCUT2D eigenvalue weighted by atomic mass is 35.5. The topological polar surface area (TPSA) is 59.1 Å². The fourth-order valence-electron chi connectivity index (χ4n) is 2.78. The fourth-order valence-corrected chi connectivity index (χ4v) is 4.63. The Morgan fingerprint density at radius 2 is 1.89 bits per heavy atom. The number of halogens is 1. The van der Waals surface area contributed by atoms with E-state index in [9.17, 15) is 8.42 Å². The molecule has 3 aromatic rings. The summed E-state index contributed by atoms with van der Waals surface area (Å²) in [5.74, 6) is 0. The van der Waals surface area contributed by atoms with E-state index < -0.39 is 10.0 Å². The molecule has 0 spiro atoms. The van der Waals surface area contributed by atoms with Crippen molar-refractivity contribution in [2.24, 2.45) is 0 Å². The van der Waals surface area contributed by atoms with Crippen LogP contribution >= 0.6 is 22.9 Å². The maximum absolute atomic E-state index is 11.4. The van der Waals surface area contributed by atoms with E-state index >= 15 is 0 Å². The van der Waals surface area contributed by atoms with E-state index in [4.69, 9.17) is 11.6 Å². The molecule has 7 heteroatoms. The van der Waals surface area contributed by atoms with Crippen LogP contribution in [-0.4, -0.2) is 19.7 Å². The Bertz CT molecular complexity index is 1110. The van der Waals surface area contributed by atoms with E-state index in [1.165, 1.54) is 0 Å². The van der Waals surface area contributed by atoms with Crippen LogP contribution in [0.1, 0.15) is 32.9 Å². The predicted octanol–water partition coefficient (Wildman–Crippen LogP) is 6.19. The molecule has 1 N–H and O–H groups in total. The molecule has 28 heavy (non-hydrogen) atoms. The lowest BCUT2D eigenvalue weighted by Crippen LogP contribution is -2.17. The number of hydrogen-bond donors (Lipinski definition) is 1. The fraction of sp³-hybridized carbons (Fsp3) is 0.286. The molecule has 3 rings (SSSR count). The first-order valence-electron chi connectivity index (χ1n) is 8.92. The van der Waals surface area contributed by atoms with Gasteiger partial charge in [-0.1, -0.05) is 32.4 Å². The minimum atomic E-state index is -3.33. The van der Waals surface area contributed by atoms with Crippen molar-refractivity contribution in [3.63, 3.8) is 0 Å². The number of nitrogens with one attached hydrogen (secondary N) is 1. The Morgan fingerprint density at radius 1 is 1.14 bits per heavy atom. The third-order valence-corrected chi connectivity index (χ3v) is 6.69. The van der Waals surface area contributed by atoms with E-state index in [0.717, 1.165) is 39.9 Å². The number of nitrogens with zero attached hydrogens (tertiary/aromatic N) is 1. The summed E-state index contributed by atoms with van der Waals surface area (Å²) in [6.45, 7) is 6.56. The standard InChI is InChI=1S/C21H23ClN2O2S2/c1-5-21(2,3)20-11-14(8-9-23-20)15-10-19(27-13-15)17-7-6-16(12-18(17)22)24-28(4,25)26/h6-13,24H,5H2,1-4H3. The number of pyridine rings is 1. The Kier molecular flexibility index (Phi) is 5.84. The molecule has 2 heterocycles. The molecule has 0 saturated carbocycles. The molecule has 1 aromatic carbocycles. The van der Waals surface area contributed by atoms with Crippen LogP contribution in [0.3, 0.4) is 0 Å². The van der Waals surface area contributed by atoms with Crippen LogP contribution in [0.5, 0.6) is 0 Å². The monoisotopic (exact) mass is 434 g/mol. The molecule has 0 aliphatic heterocycles. The molecule has 0 amide bonds. The molecule has 0 saturated heterocycles. The van der Waals surface area contributed by atoms with Gasteiger partial charge in [0.15, 0.2) is 0 Å². The first-order chi connectivity index (χ1) is 13.1. The second-order valence-corrected chi connectivity index (χ2v) is 10.5. The van der Waals surface area contributed by atoms with Crippen molar-refractivity contribution in [2.75, 3.05) is 11.0 Å². The quantitative estimate of drug-likeness (QED) is 0.503. The summed E-state index contributed by atoms with van der Waals surface area (Å²) in [6, 6.07) is 11.5. The first kappa shape index (κ1) is 20.8. The minimum absolute atomic E-state index is 0.0284. The van der Waals surface area contributed by atoms with Gasteiger partial charge in [-0.15, -0.1) is 11.3 Å². The van der Waals surface area contributed by atoms with Crippen molar-refractivity contribution >= 4 is 38.6 Å². The molecule has 2 aromatic heterocycles. The van der Waals surface area contributed by atoms with Crippen molar-refractivity contribution in [2.45, 2.75) is 32.6 Å². The zero-order chi connectivity index (χ0) is 20.5. The van der Waals surface area contributed by atoms with Gasteiger partial charge in [0.2, 0.25) is 10.0 Å². The number of rotatable bonds is 6. The first-order valence-corrected chi connectivity index (χ1v) is 12.1. The van der Waals surface area contributed by atoms with Crippen molar-refractivity contribution < 1.29 is 8.42 Å². The van der Waals surface area contributed by atoms with Gasteiger partial charge < -0.3 is 0 Å². The second-order valence-electron chi connectivity index (χ2n) is 7.44. The van der Waals surface area contributed by atoms with Gasteiger partial charge in [-0.2, -0.15) is 0 Å². The highest BCUT2D eigenvalue weighted by molar-refractivity contribution is 7.92. The average molecular weight is 435 g/mol. The number of aromatic nitrogens is 1. The smallest absolute Gasteiger partial charge is 0.229 e. The summed E-state index contributed by atoms with van der Waals surface area (Å²) in [4.78, 5) is 5.58. The SMILES string of the molecule is CCC(C)(C)c1cc(-c2csc(-c3ccc(NS(C)(=O)=O)cc3Cl)c2)ccn1. The van der Waals surface area contributed by atoms with Crippen LogP contribution in [0.2, 0.25) is 5.02 Å². The molecule has 0 atom stereocenters. The molecule has 0 bridgehead atoms. The summed E-state index contributed by atoms with van der Waals surface area (Å²) in [5, 5.41) is 2.61. The number of hydrogen-bond acceptors (Lipinski definition) is 4. The van der Waals surface area contributed by atoms with E-state index in [0.29, 0.717) is 10.7 Å². The summed E-state index contributed by atoms with van der Waals surface area (Å²) >= 11 is 8.02. The van der Waals surface area contributed by atoms with Crippen LogP contribution in [-0.2, 0) is 15.4 Å². The van der Waals surface area contributed by atoms with E-state index in [1.807, 2.05) is 18.3 Å². The van der Waals surface area contributed by atoms with Gasteiger partial charge in [0, 0.05) is 33.4 Å². The zero-order valence-electron chi connectivity index (χ0n) is 16.3. The lowest BCUT2D eigenvalue weighted by Gasteiger charge is -2.22. The summed E-state index contributed by atoms with van der Waals surface area (Å²) in [5.41, 5.74) is 4.68. The third kappa shape index (κ3) is 4.74. The molecule has 4 nitrogen and oxygen atoms in total. The molecule has 0 aliphatic carbocycles. The molecular formula is C21H23ClN2O2S2. The summed E-state index contributed by atoms with van der Waals surface area (Å²) in [7, 11) is -3.33. The van der Waals surface area contributed by atoms with Gasteiger partial charge in [0.1, 0.15) is 0 Å². The Morgan fingerprint density at radius 3 is 2.54 bits per heavy atom. The van der Waals surface area contributed by atoms with E-state index in [-0.39, 0.29) is 5.41 Å². The van der Waals surface area contributed by atoms with Gasteiger partial charge >= 0.3 is 0 Å². The highest BCUT2D eigenvalue weighted by Gasteiger charge is 2.20. The molecule has 0 fully saturated rings. The number of thiophene rings is 1. The van der Waals surface area contributed by atoms with Crippen LogP contribution in [0, 0.1) is 0 Å². The summed E-state index contributed by atoms with van der Waals surface area (Å²) < 4.78 is 25.2. The maximum Gasteiger partial charge on any atom is 0.229 e. The molecule has 0 radical (unpaired) electrons. The molecule has 0 unspecified atom stereocenters. The van der Waals surface area contributed by atoms with Crippen LogP contribution in [0.15, 0.2) is 48.0 Å². The van der Waals surface area contributed by atoms with Crippen molar-refractivity contribution in [1.82, 2.24) is 4.98 Å². The number of sulfonamides is 1. The van der Waals surface area contributed by atoms with Gasteiger partial charge in [0.25, 0.3) is 0 Å². The molecule has 0 aliphatic rings. The van der Waals surface area contributed by atoms with Crippen molar-refractivity contribution in [3.05, 3.63) is 58.7 Å². The van der Waals surface area contributed by atoms with E-state index in [2.05, 4.69) is 48.0 Å². The second kappa shape index (κ2) is 7.85. The van der Waals surface area contributed by atoms with Gasteiger partial charge in [-0.3, -0.25) is 9.71 Å². The summed E-state index contributed by atoms with van der Waals surface area (Å²) in [6.07, 6.45) is 3.99. The lowest BCUT2D eigenvalue weighted by atomic mass is 9.85. The lowest BCUT2D eigenvalue weighted by molar-refractivity contribution is 0.490. The van der Waals surface area contributed by atoms with Crippen molar-refractivity contribution in [1.29, 1.82) is 0 Å². The molecule has 148 valence electrons. The average Bonchev–Trinajstić information content (AvgIpc) is 3.10. The Hall–Kier alpha value is -1.89. The highest BCUT2D eigenvalue weighted by Crippen LogP contribution is 2.38. The van der Waals surface area contributed by atoms with Gasteiger partial charge in [0.05, 0.1) is 11.3 Å². The van der Waals surface area contributed by atoms with Crippen LogP contribution < -0.4 is 4.72 Å². The number of anilines is 1. The maximum atomic E-state index is 11.4. The third-order valence-electron chi connectivity index (χ3n) is 4.81. The Labute approximate surface area is 175 Å². The van der Waals surface area contributed by atoms with Crippen molar-refractivity contribution in [3.8, 4) is 21.6 Å². The minimum Gasteiger partial charge on any atom is -0.284 e. The van der Waals surface area contributed by atoms with Gasteiger partial charge in [-0.05, 0) is 59.3 Å². The molecular weight excluding hydrogens is 412 g/mol. The van der Waals surface area contributed by atoms with Gasteiger partial charge in [-0.25, -0.2) is 8.42 Å². The number of benzene rings is 1. The van der Waals surface area contributed by atoms with Crippen LogP contribution in [0.4, 0.5) is 5.69 Å². The van der Waals surface area contributed by atoms with E-state index in [1.54, 1.807) is 23.5 Å².